The fraction of sp³-hybridized carbons (Fsp3) is 0.700. The monoisotopic (exact) mass is 864 g/mol. The number of hydrogen-bond acceptors (Lipinski definition) is 16. The van der Waals surface area contributed by atoms with Crippen molar-refractivity contribution in [3.8, 4) is 5.75 Å². The van der Waals surface area contributed by atoms with Crippen LogP contribution < -0.4 is 4.74 Å². The smallest absolute Gasteiger partial charge is 0.419 e. The van der Waals surface area contributed by atoms with Gasteiger partial charge in [0.15, 0.2) is 5.34 Å². The number of carbonyl (C=O) groups excluding carboxylic acids is 3. The Bertz CT molecular complexity index is 1880. The van der Waals surface area contributed by atoms with Crippen LogP contribution in [0.1, 0.15) is 88.5 Å². The Hall–Kier alpha value is -1.94. The van der Waals surface area contributed by atoms with Crippen molar-refractivity contribution in [1.29, 1.82) is 0 Å². The van der Waals surface area contributed by atoms with E-state index >= 15 is 0 Å². The third kappa shape index (κ3) is 11.8. The van der Waals surface area contributed by atoms with Gasteiger partial charge in [0.2, 0.25) is 17.6 Å². The summed E-state index contributed by atoms with van der Waals surface area (Å²) < 4.78 is 84.8. The third-order valence-corrected chi connectivity index (χ3v) is 16.1. The molecule has 1 saturated heterocycles. The number of phosphoric acid groups is 1. The molecule has 0 bridgehead atoms. The minimum atomic E-state index is -4.79. The Morgan fingerprint density at radius 1 is 1.06 bits per heavy atom. The maximum absolute atomic E-state index is 13.5. The minimum Gasteiger partial charge on any atom is -0.419 e. The van der Waals surface area contributed by atoms with Gasteiger partial charge in [0.25, 0.3) is 10.1 Å². The lowest BCUT2D eigenvalue weighted by Crippen LogP contribution is -2.43. The highest BCUT2D eigenvalue weighted by atomic mass is 33.1. The maximum Gasteiger partial charge on any atom is 0.473 e. The lowest BCUT2D eigenvalue weighted by Gasteiger charge is -2.36. The van der Waals surface area contributed by atoms with E-state index in [0.717, 1.165) is 38.6 Å². The van der Waals surface area contributed by atoms with Crippen LogP contribution in [0.2, 0.25) is 0 Å². The van der Waals surface area contributed by atoms with E-state index in [9.17, 15) is 56.4 Å². The Morgan fingerprint density at radius 2 is 1.65 bits per heavy atom. The van der Waals surface area contributed by atoms with Crippen LogP contribution in [-0.2, 0) is 51.9 Å². The molecule has 3 rings (SSSR count). The van der Waals surface area contributed by atoms with Gasteiger partial charge in [-0.3, -0.25) is 52.1 Å². The zero-order chi connectivity index (χ0) is 41.7. The Morgan fingerprint density at radius 3 is 2.19 bits per heavy atom. The number of amides is 2. The topological polar surface area (TPSA) is 273 Å². The molecule has 1 heterocycles. The van der Waals surface area contributed by atoms with E-state index in [2.05, 4.69) is 0 Å². The zero-order valence-corrected chi connectivity index (χ0v) is 35.5. The molecule has 54 heavy (non-hydrogen) atoms. The summed E-state index contributed by atoms with van der Waals surface area (Å²) in [5, 5.41) is 8.76. The molecular formula is C30H46N2O17P2S3. The molecule has 3 N–H and O–H groups in total. The molecule has 0 spiro atoms. The average molecular weight is 865 g/mol. The second kappa shape index (κ2) is 15.8. The standard InChI is InChI=1S/C30H46N2O17P2S3/c1-26(2,3)47-51(40,41)48-27(4,5)13-14-45-28(6,7)50(38,39)49-29(8,9)53-52-22-16-23(33)31(24(22)34)30(10)17-19(30)25(35)46-21-12-11-18(54(42,43)44)15-20(21)32(36)37/h11-12,15,19,22H,13-14,16-17H2,1-10H3,(H,38,39)(H,40,41)(H,42,43,44). The zero-order valence-electron chi connectivity index (χ0n) is 31.3. The molecule has 306 valence electrons. The van der Waals surface area contributed by atoms with Gasteiger partial charge < -0.3 is 19.3 Å². The molecule has 5 unspecified atom stereocenters. The van der Waals surface area contributed by atoms with E-state index in [1.54, 1.807) is 20.8 Å². The first-order valence-electron chi connectivity index (χ1n) is 16.2. The van der Waals surface area contributed by atoms with Crippen LogP contribution in [0.5, 0.6) is 5.75 Å². The van der Waals surface area contributed by atoms with E-state index in [-0.39, 0.29) is 25.9 Å². The van der Waals surface area contributed by atoms with E-state index < -0.39 is 103 Å². The predicted molar refractivity (Wildman–Crippen MR) is 196 cm³/mol. The highest BCUT2D eigenvalue weighted by molar-refractivity contribution is 8.77. The van der Waals surface area contributed by atoms with Crippen molar-refractivity contribution < 1.29 is 74.2 Å². The van der Waals surface area contributed by atoms with Crippen molar-refractivity contribution >= 4 is 70.6 Å². The number of esters is 1. The van der Waals surface area contributed by atoms with Crippen molar-refractivity contribution in [1.82, 2.24) is 4.90 Å². The molecule has 24 heteroatoms. The number of nitrogens with zero attached hydrogens (tertiary/aromatic N) is 2. The predicted octanol–water partition coefficient (Wildman–Crippen LogP) is 5.83. The SMILES string of the molecule is CC(C)(C)OP(=O)(O)OC(C)(C)CCOC(C)(C)P(=O)(O)OC(C)(C)SSC1CC(=O)N(C2(C)CC2C(=O)Oc2ccc(S(=O)(=O)O)cc2[N+](=O)[O-])C1=O. The van der Waals surface area contributed by atoms with Crippen LogP contribution in [-0.4, -0.2) is 89.2 Å². The van der Waals surface area contributed by atoms with Gasteiger partial charge in [-0.05, 0) is 94.2 Å². The van der Waals surface area contributed by atoms with Gasteiger partial charge in [0.05, 0.1) is 34.2 Å². The van der Waals surface area contributed by atoms with Gasteiger partial charge in [0.1, 0.15) is 15.1 Å². The number of hydrogen-bond donors (Lipinski definition) is 3. The third-order valence-electron chi connectivity index (χ3n) is 8.04. The average Bonchev–Trinajstić information content (AvgIpc) is 3.54. The number of benzene rings is 1. The van der Waals surface area contributed by atoms with Crippen LogP contribution in [0.15, 0.2) is 23.1 Å². The number of rotatable bonds is 18. The molecule has 1 aliphatic heterocycles. The summed E-state index contributed by atoms with van der Waals surface area (Å²) in [6.45, 7) is 14.7. The van der Waals surface area contributed by atoms with E-state index in [1.807, 2.05) is 0 Å². The molecule has 1 aromatic carbocycles. The van der Waals surface area contributed by atoms with Crippen LogP contribution in [0.25, 0.3) is 0 Å². The lowest BCUT2D eigenvalue weighted by atomic mass is 10.1. The molecule has 1 aliphatic carbocycles. The van der Waals surface area contributed by atoms with Crippen LogP contribution >= 0.6 is 37.0 Å². The maximum atomic E-state index is 13.5. The van der Waals surface area contributed by atoms with Crippen molar-refractivity contribution in [3.05, 3.63) is 28.3 Å². The summed E-state index contributed by atoms with van der Waals surface area (Å²) >= 11 is 0. The van der Waals surface area contributed by atoms with Gasteiger partial charge in [-0.15, -0.1) is 0 Å². The first-order valence-corrected chi connectivity index (χ1v) is 23.0. The summed E-state index contributed by atoms with van der Waals surface area (Å²) in [6.07, 6.45) is -0.259. The van der Waals surface area contributed by atoms with Crippen LogP contribution in [0.4, 0.5) is 5.69 Å². The van der Waals surface area contributed by atoms with E-state index in [4.69, 9.17) is 23.0 Å². The number of phosphoric ester groups is 1. The summed E-state index contributed by atoms with van der Waals surface area (Å²) in [7, 11) is -12.0. The molecule has 2 fully saturated rings. The molecule has 19 nitrogen and oxygen atoms in total. The first kappa shape index (κ1) is 46.4. The van der Waals surface area contributed by atoms with Gasteiger partial charge in [-0.25, -0.2) is 4.57 Å². The summed E-state index contributed by atoms with van der Waals surface area (Å²) in [5.74, 6) is -3.92. The molecule has 0 radical (unpaired) electrons. The summed E-state index contributed by atoms with van der Waals surface area (Å²) in [5.41, 5.74) is -4.42. The Balaban J connectivity index is 1.59. The van der Waals surface area contributed by atoms with Gasteiger partial charge in [0, 0.05) is 12.5 Å². The molecule has 5 atom stereocenters. The largest absolute Gasteiger partial charge is 0.473 e. The van der Waals surface area contributed by atoms with Crippen LogP contribution in [0.3, 0.4) is 0 Å². The highest BCUT2D eigenvalue weighted by Gasteiger charge is 2.65. The number of nitro groups is 1. The van der Waals surface area contributed by atoms with E-state index in [0.29, 0.717) is 6.07 Å². The van der Waals surface area contributed by atoms with Gasteiger partial charge >= 0.3 is 27.1 Å². The first-order chi connectivity index (χ1) is 24.1. The second-order valence-electron chi connectivity index (χ2n) is 15.4. The number of imide groups is 1. The fourth-order valence-corrected chi connectivity index (χ4v) is 11.1. The van der Waals surface area contributed by atoms with E-state index in [1.165, 1.54) is 48.5 Å². The quantitative estimate of drug-likeness (QED) is 0.0180. The van der Waals surface area contributed by atoms with Gasteiger partial charge in [-0.2, -0.15) is 8.42 Å². The molecule has 2 amide bonds. The number of likely N-dealkylation sites (tertiary alicyclic amines) is 1. The van der Waals surface area contributed by atoms with Crippen molar-refractivity contribution in [2.24, 2.45) is 5.92 Å². The Labute approximate surface area is 321 Å². The second-order valence-corrected chi connectivity index (χ2v) is 23.4. The highest BCUT2D eigenvalue weighted by Crippen LogP contribution is 2.61. The lowest BCUT2D eigenvalue weighted by molar-refractivity contribution is -0.385. The molecule has 1 aromatic rings. The van der Waals surface area contributed by atoms with Crippen LogP contribution in [0, 0.1) is 16.0 Å². The van der Waals surface area contributed by atoms with Crippen molar-refractivity contribution in [2.75, 3.05) is 6.61 Å². The number of ether oxygens (including phenoxy) is 2. The minimum absolute atomic E-state index is 0.0184. The Kier molecular flexibility index (Phi) is 13.6. The number of nitro benzene ring substituents is 1. The van der Waals surface area contributed by atoms with Crippen molar-refractivity contribution in [2.45, 2.75) is 126 Å². The molecule has 0 aromatic heterocycles. The van der Waals surface area contributed by atoms with Crippen molar-refractivity contribution in [3.63, 3.8) is 0 Å². The fourth-order valence-electron chi connectivity index (χ4n) is 5.17. The molecule has 1 saturated carbocycles. The normalized spacial score (nSPS) is 23.5. The molecule has 2 aliphatic rings. The number of carbonyl (C=O) groups is 3. The van der Waals surface area contributed by atoms with Gasteiger partial charge in [-0.1, -0.05) is 21.6 Å². The molecular weight excluding hydrogens is 818 g/mol. The summed E-state index contributed by atoms with van der Waals surface area (Å²) in [6, 6.07) is 2.16. The summed E-state index contributed by atoms with van der Waals surface area (Å²) in [4.78, 5) is 69.8.